The van der Waals surface area contributed by atoms with Gasteiger partial charge in [-0.3, -0.25) is 4.79 Å². The largest absolute Gasteiger partial charge is 0.462 e. The molecule has 0 atom stereocenters. The zero-order valence-electron chi connectivity index (χ0n) is 13.9. The number of rotatable bonds is 13. The van der Waals surface area contributed by atoms with Crippen LogP contribution in [0.2, 0.25) is 0 Å². The maximum atomic E-state index is 11.4. The summed E-state index contributed by atoms with van der Waals surface area (Å²) >= 11 is 0. The van der Waals surface area contributed by atoms with Crippen LogP contribution in [0.3, 0.4) is 0 Å². The predicted octanol–water partition coefficient (Wildman–Crippen LogP) is 1.92. The van der Waals surface area contributed by atoms with Gasteiger partial charge in [-0.25, -0.2) is 9.59 Å². The Morgan fingerprint density at radius 3 is 2.30 bits per heavy atom. The van der Waals surface area contributed by atoms with Gasteiger partial charge in [-0.05, 0) is 19.8 Å². The first kappa shape index (κ1) is 20.9. The van der Waals surface area contributed by atoms with Crippen molar-refractivity contribution in [2.24, 2.45) is 0 Å². The van der Waals surface area contributed by atoms with E-state index in [1.54, 1.807) is 0 Å². The third-order valence-electron chi connectivity index (χ3n) is 2.94. The molecule has 7 nitrogen and oxygen atoms in total. The molecule has 0 radical (unpaired) electrons. The zero-order chi connectivity index (χ0) is 17.3. The number of urea groups is 1. The smallest absolute Gasteiger partial charge is 0.330 e. The van der Waals surface area contributed by atoms with Gasteiger partial charge < -0.3 is 20.1 Å². The highest BCUT2D eigenvalue weighted by molar-refractivity contribution is 5.81. The van der Waals surface area contributed by atoms with Crippen LogP contribution in [-0.4, -0.2) is 44.3 Å². The van der Waals surface area contributed by atoms with Crippen molar-refractivity contribution in [2.45, 2.75) is 45.4 Å². The highest BCUT2D eigenvalue weighted by Crippen LogP contribution is 2.05. The summed E-state index contributed by atoms with van der Waals surface area (Å²) in [7, 11) is 0. The van der Waals surface area contributed by atoms with E-state index < -0.39 is 5.97 Å². The van der Waals surface area contributed by atoms with Crippen LogP contribution in [0.5, 0.6) is 0 Å². The van der Waals surface area contributed by atoms with Gasteiger partial charge in [0.05, 0.1) is 0 Å². The predicted molar refractivity (Wildman–Crippen MR) is 86.9 cm³/mol. The van der Waals surface area contributed by atoms with Crippen molar-refractivity contribution >= 4 is 18.0 Å². The average molecular weight is 328 g/mol. The number of esters is 2. The van der Waals surface area contributed by atoms with Gasteiger partial charge in [-0.15, -0.1) is 0 Å². The lowest BCUT2D eigenvalue weighted by Crippen LogP contribution is -2.35. The van der Waals surface area contributed by atoms with Gasteiger partial charge in [0.25, 0.3) is 0 Å². The fourth-order valence-corrected chi connectivity index (χ4v) is 1.78. The topological polar surface area (TPSA) is 93.7 Å². The highest BCUT2D eigenvalue weighted by Gasteiger charge is 2.03. The van der Waals surface area contributed by atoms with Gasteiger partial charge in [0.15, 0.2) is 0 Å². The normalized spacial score (nSPS) is 9.78. The lowest BCUT2D eigenvalue weighted by atomic mass is 10.1. The summed E-state index contributed by atoms with van der Waals surface area (Å²) in [6, 6.07) is -0.131. The first-order valence-corrected chi connectivity index (χ1v) is 8.06. The molecule has 2 N–H and O–H groups in total. The van der Waals surface area contributed by atoms with E-state index in [1.807, 2.05) is 6.92 Å². The molecule has 132 valence electrons. The van der Waals surface area contributed by atoms with E-state index in [-0.39, 0.29) is 25.2 Å². The number of hydrogen-bond donors (Lipinski definition) is 2. The molecule has 0 aliphatic rings. The molecular formula is C16H28N2O5. The molecule has 0 aromatic carbocycles. The summed E-state index contributed by atoms with van der Waals surface area (Å²) in [5, 5.41) is 5.43. The second kappa shape index (κ2) is 14.9. The van der Waals surface area contributed by atoms with E-state index in [0.29, 0.717) is 19.5 Å². The average Bonchev–Trinajstić information content (AvgIpc) is 2.54. The Morgan fingerprint density at radius 1 is 0.957 bits per heavy atom. The Hall–Kier alpha value is -2.05. The van der Waals surface area contributed by atoms with Crippen LogP contribution in [0, 0.1) is 0 Å². The minimum atomic E-state index is -0.525. The number of ether oxygens (including phenoxy) is 2. The summed E-state index contributed by atoms with van der Waals surface area (Å²) in [5.74, 6) is -0.805. The molecular weight excluding hydrogens is 300 g/mol. The van der Waals surface area contributed by atoms with Crippen LogP contribution in [0.1, 0.15) is 45.4 Å². The van der Waals surface area contributed by atoms with Crippen LogP contribution < -0.4 is 10.6 Å². The minimum absolute atomic E-state index is 0.0508. The molecule has 0 saturated heterocycles. The summed E-state index contributed by atoms with van der Waals surface area (Å²) < 4.78 is 9.61. The fourth-order valence-electron chi connectivity index (χ4n) is 1.78. The van der Waals surface area contributed by atoms with Gasteiger partial charge in [-0.2, -0.15) is 0 Å². The lowest BCUT2D eigenvalue weighted by molar-refractivity contribution is -0.149. The Kier molecular flexibility index (Phi) is 13.5. The summed E-state index contributed by atoms with van der Waals surface area (Å²) in [5.41, 5.74) is 0. The standard InChI is InChI=1S/C16H28N2O5/c1-3-14(19)22-12-13-23-15(20)10-8-6-5-7-9-11-18-16(21)17-4-2/h3H,1,4-13H2,2H3,(H2,17,18,21). The Labute approximate surface area is 137 Å². The monoisotopic (exact) mass is 328 g/mol. The Morgan fingerprint density at radius 2 is 1.61 bits per heavy atom. The zero-order valence-corrected chi connectivity index (χ0v) is 13.9. The molecule has 0 fully saturated rings. The Bertz CT molecular complexity index is 371. The van der Waals surface area contributed by atoms with Crippen LogP contribution >= 0.6 is 0 Å². The molecule has 0 rings (SSSR count). The summed E-state index contributed by atoms with van der Waals surface area (Å²) in [6.07, 6.45) is 6.10. The van der Waals surface area contributed by atoms with Crippen molar-refractivity contribution in [2.75, 3.05) is 26.3 Å². The molecule has 0 saturated carbocycles. The molecule has 0 spiro atoms. The van der Waals surface area contributed by atoms with E-state index in [4.69, 9.17) is 4.74 Å². The van der Waals surface area contributed by atoms with Crippen LogP contribution in [0.25, 0.3) is 0 Å². The van der Waals surface area contributed by atoms with E-state index >= 15 is 0 Å². The van der Waals surface area contributed by atoms with Gasteiger partial charge in [0, 0.05) is 25.6 Å². The third-order valence-corrected chi connectivity index (χ3v) is 2.94. The van der Waals surface area contributed by atoms with Crippen molar-refractivity contribution in [3.05, 3.63) is 12.7 Å². The molecule has 0 unspecified atom stereocenters. The van der Waals surface area contributed by atoms with Crippen molar-refractivity contribution in [3.8, 4) is 0 Å². The second-order valence-corrected chi connectivity index (χ2v) is 4.90. The van der Waals surface area contributed by atoms with Crippen LogP contribution in [-0.2, 0) is 19.1 Å². The van der Waals surface area contributed by atoms with Crippen molar-refractivity contribution < 1.29 is 23.9 Å². The van der Waals surface area contributed by atoms with Gasteiger partial charge in [0.2, 0.25) is 0 Å². The molecule has 2 amide bonds. The van der Waals surface area contributed by atoms with Gasteiger partial charge in [0.1, 0.15) is 13.2 Å². The number of carbonyl (C=O) groups is 3. The SMILES string of the molecule is C=CC(=O)OCCOC(=O)CCCCCCCNC(=O)NCC. The third kappa shape index (κ3) is 14.6. The molecule has 0 aliphatic heterocycles. The summed E-state index contributed by atoms with van der Waals surface area (Å²) in [6.45, 7) is 6.55. The first-order chi connectivity index (χ1) is 11.1. The molecule has 0 aromatic heterocycles. The number of nitrogens with one attached hydrogen (secondary N) is 2. The minimum Gasteiger partial charge on any atom is -0.462 e. The number of unbranched alkanes of at least 4 members (excludes halogenated alkanes) is 4. The molecule has 0 heterocycles. The molecule has 0 bridgehead atoms. The molecule has 7 heteroatoms. The lowest BCUT2D eigenvalue weighted by Gasteiger charge is -2.06. The number of hydrogen-bond acceptors (Lipinski definition) is 5. The van der Waals surface area contributed by atoms with E-state index in [0.717, 1.165) is 38.2 Å². The fraction of sp³-hybridized carbons (Fsp3) is 0.688. The van der Waals surface area contributed by atoms with Crippen molar-refractivity contribution in [1.82, 2.24) is 10.6 Å². The van der Waals surface area contributed by atoms with Gasteiger partial charge in [-0.1, -0.05) is 25.8 Å². The number of amides is 2. The van der Waals surface area contributed by atoms with E-state index in [9.17, 15) is 14.4 Å². The van der Waals surface area contributed by atoms with Crippen molar-refractivity contribution in [1.29, 1.82) is 0 Å². The highest BCUT2D eigenvalue weighted by atomic mass is 16.6. The second-order valence-electron chi connectivity index (χ2n) is 4.90. The molecule has 23 heavy (non-hydrogen) atoms. The molecule has 0 aliphatic carbocycles. The molecule has 0 aromatic rings. The first-order valence-electron chi connectivity index (χ1n) is 8.06. The maximum Gasteiger partial charge on any atom is 0.330 e. The van der Waals surface area contributed by atoms with Crippen LogP contribution in [0.15, 0.2) is 12.7 Å². The summed E-state index contributed by atoms with van der Waals surface area (Å²) in [4.78, 5) is 33.2. The van der Waals surface area contributed by atoms with Gasteiger partial charge >= 0.3 is 18.0 Å². The van der Waals surface area contributed by atoms with Crippen LogP contribution in [0.4, 0.5) is 4.79 Å². The quantitative estimate of drug-likeness (QED) is 0.306. The Balaban J connectivity index is 3.31. The van der Waals surface area contributed by atoms with Crippen molar-refractivity contribution in [3.63, 3.8) is 0 Å². The van der Waals surface area contributed by atoms with E-state index in [2.05, 4.69) is 21.9 Å². The maximum absolute atomic E-state index is 11.4. The number of carbonyl (C=O) groups excluding carboxylic acids is 3. The van der Waals surface area contributed by atoms with E-state index in [1.165, 1.54) is 0 Å².